The Morgan fingerprint density at radius 2 is 2.47 bits per heavy atom. The quantitative estimate of drug-likeness (QED) is 0.772. The Kier molecular flexibility index (Phi) is 2.86. The minimum atomic E-state index is 0.365. The van der Waals surface area contributed by atoms with Crippen molar-refractivity contribution >= 4 is 22.9 Å². The minimum Gasteiger partial charge on any atom is -0.388 e. The molecule has 0 spiro atoms. The van der Waals surface area contributed by atoms with Gasteiger partial charge in [0, 0.05) is 24.5 Å². The van der Waals surface area contributed by atoms with E-state index < -0.39 is 0 Å². The van der Waals surface area contributed by atoms with Gasteiger partial charge >= 0.3 is 0 Å². The van der Waals surface area contributed by atoms with Gasteiger partial charge in [0.1, 0.15) is 4.99 Å². The van der Waals surface area contributed by atoms with Gasteiger partial charge < -0.3 is 10.6 Å². The first-order chi connectivity index (χ1) is 7.18. The molecule has 2 N–H and O–H groups in total. The van der Waals surface area contributed by atoms with Gasteiger partial charge in [-0.25, -0.2) is 0 Å². The summed E-state index contributed by atoms with van der Waals surface area (Å²) in [6.07, 6.45) is 4.28. The van der Waals surface area contributed by atoms with Gasteiger partial charge in [0.25, 0.3) is 0 Å². The number of anilines is 1. The first-order valence-electron chi connectivity index (χ1n) is 5.21. The molecule has 3 nitrogen and oxygen atoms in total. The molecule has 4 heteroatoms. The zero-order valence-electron chi connectivity index (χ0n) is 8.81. The molecule has 2 rings (SSSR count). The van der Waals surface area contributed by atoms with Crippen LogP contribution in [0.3, 0.4) is 0 Å². The van der Waals surface area contributed by atoms with Crippen molar-refractivity contribution in [2.75, 3.05) is 11.4 Å². The number of nitrogens with two attached hydrogens (primary N) is 1. The maximum absolute atomic E-state index is 5.57. The lowest BCUT2D eigenvalue weighted by Gasteiger charge is -2.23. The van der Waals surface area contributed by atoms with Crippen LogP contribution in [-0.2, 0) is 0 Å². The average Bonchev–Trinajstić information content (AvgIpc) is 2.64. The van der Waals surface area contributed by atoms with E-state index in [4.69, 9.17) is 18.0 Å². The summed E-state index contributed by atoms with van der Waals surface area (Å²) in [6, 6.07) is 4.60. The maximum atomic E-state index is 5.57. The Hall–Kier alpha value is -1.16. The van der Waals surface area contributed by atoms with E-state index in [1.54, 1.807) is 6.20 Å². The molecule has 15 heavy (non-hydrogen) atoms. The fourth-order valence-electron chi connectivity index (χ4n) is 2.05. The van der Waals surface area contributed by atoms with Crippen LogP contribution in [0.5, 0.6) is 0 Å². The number of hydrogen-bond donors (Lipinski definition) is 1. The van der Waals surface area contributed by atoms with Gasteiger partial charge in [-0.15, -0.1) is 0 Å². The molecule has 1 aliphatic rings. The van der Waals surface area contributed by atoms with E-state index in [9.17, 15) is 0 Å². The monoisotopic (exact) mass is 221 g/mol. The molecular formula is C11H15N3S. The topological polar surface area (TPSA) is 42.2 Å². The Balaban J connectivity index is 2.28. The Bertz CT molecular complexity index is 378. The van der Waals surface area contributed by atoms with Crippen molar-refractivity contribution in [3.8, 4) is 0 Å². The molecule has 0 saturated carbocycles. The summed E-state index contributed by atoms with van der Waals surface area (Å²) in [5, 5.41) is 0. The average molecular weight is 221 g/mol. The number of nitrogens with zero attached hydrogens (tertiary/aromatic N) is 2. The van der Waals surface area contributed by atoms with Crippen molar-refractivity contribution in [3.05, 3.63) is 24.0 Å². The number of thiocarbonyl (C=S) groups is 1. The predicted octanol–water partition coefficient (Wildman–Crippen LogP) is 1.70. The van der Waals surface area contributed by atoms with Crippen LogP contribution in [0.4, 0.5) is 5.69 Å². The third-order valence-corrected chi connectivity index (χ3v) is 3.09. The lowest BCUT2D eigenvalue weighted by Crippen LogP contribution is -2.26. The van der Waals surface area contributed by atoms with Crippen molar-refractivity contribution in [2.24, 2.45) is 5.73 Å². The molecule has 1 aliphatic heterocycles. The van der Waals surface area contributed by atoms with Gasteiger partial charge in [-0.3, -0.25) is 4.98 Å². The Morgan fingerprint density at radius 3 is 3.07 bits per heavy atom. The fraction of sp³-hybridized carbons (Fsp3) is 0.455. The molecule has 2 heterocycles. The van der Waals surface area contributed by atoms with Crippen LogP contribution in [-0.4, -0.2) is 22.6 Å². The van der Waals surface area contributed by atoms with Crippen LogP contribution in [0.25, 0.3) is 0 Å². The Morgan fingerprint density at radius 1 is 1.67 bits per heavy atom. The normalized spacial score (nSPS) is 20.6. The van der Waals surface area contributed by atoms with Crippen LogP contribution >= 0.6 is 12.2 Å². The lowest BCUT2D eigenvalue weighted by atomic mass is 10.2. The second-order valence-electron chi connectivity index (χ2n) is 3.95. The molecule has 0 amide bonds. The number of hydrogen-bond acceptors (Lipinski definition) is 3. The van der Waals surface area contributed by atoms with Crippen molar-refractivity contribution in [3.63, 3.8) is 0 Å². The third kappa shape index (κ3) is 2.09. The Labute approximate surface area is 95.3 Å². The lowest BCUT2D eigenvalue weighted by molar-refractivity contribution is 0.734. The van der Waals surface area contributed by atoms with E-state index >= 15 is 0 Å². The highest BCUT2D eigenvalue weighted by atomic mass is 32.1. The second-order valence-corrected chi connectivity index (χ2v) is 4.39. The highest BCUT2D eigenvalue weighted by Gasteiger charge is 2.20. The zero-order chi connectivity index (χ0) is 10.8. The first-order valence-corrected chi connectivity index (χ1v) is 5.62. The molecule has 1 aromatic heterocycles. The van der Waals surface area contributed by atoms with Crippen LogP contribution in [0, 0.1) is 0 Å². The van der Waals surface area contributed by atoms with E-state index in [0.717, 1.165) is 6.54 Å². The maximum Gasteiger partial charge on any atom is 0.122 e. The van der Waals surface area contributed by atoms with Crippen molar-refractivity contribution in [1.29, 1.82) is 0 Å². The molecule has 80 valence electrons. The van der Waals surface area contributed by atoms with E-state index in [1.807, 2.05) is 12.1 Å². The SMILES string of the molecule is CC1CCCN1c1ccnc(C(N)=S)c1. The third-order valence-electron chi connectivity index (χ3n) is 2.88. The molecule has 1 unspecified atom stereocenters. The van der Waals surface area contributed by atoms with Crippen molar-refractivity contribution in [1.82, 2.24) is 4.98 Å². The van der Waals surface area contributed by atoms with Crippen molar-refractivity contribution < 1.29 is 0 Å². The van der Waals surface area contributed by atoms with Gasteiger partial charge in [-0.05, 0) is 31.9 Å². The van der Waals surface area contributed by atoms with Gasteiger partial charge in [-0.1, -0.05) is 12.2 Å². The summed E-state index contributed by atoms with van der Waals surface area (Å²) in [5.74, 6) is 0. The standard InChI is InChI=1S/C11H15N3S/c1-8-3-2-6-14(8)9-4-5-13-10(7-9)11(12)15/h4-5,7-8H,2-3,6H2,1H3,(H2,12,15). The summed E-state index contributed by atoms with van der Waals surface area (Å²) in [7, 11) is 0. The van der Waals surface area contributed by atoms with E-state index in [1.165, 1.54) is 18.5 Å². The molecule has 0 aromatic carbocycles. The molecule has 0 bridgehead atoms. The van der Waals surface area contributed by atoms with E-state index in [0.29, 0.717) is 16.7 Å². The second kappa shape index (κ2) is 4.14. The van der Waals surface area contributed by atoms with Gasteiger partial charge in [0.15, 0.2) is 0 Å². The van der Waals surface area contributed by atoms with Crippen LogP contribution < -0.4 is 10.6 Å². The van der Waals surface area contributed by atoms with Crippen LogP contribution in [0.2, 0.25) is 0 Å². The van der Waals surface area contributed by atoms with Crippen LogP contribution in [0.15, 0.2) is 18.3 Å². The molecule has 1 fully saturated rings. The highest BCUT2D eigenvalue weighted by molar-refractivity contribution is 7.80. The summed E-state index contributed by atoms with van der Waals surface area (Å²) < 4.78 is 0. The smallest absolute Gasteiger partial charge is 0.122 e. The molecule has 0 aliphatic carbocycles. The first kappa shape index (κ1) is 10.4. The minimum absolute atomic E-state index is 0.365. The van der Waals surface area contributed by atoms with E-state index in [-0.39, 0.29) is 0 Å². The number of aromatic nitrogens is 1. The fourth-order valence-corrected chi connectivity index (χ4v) is 2.16. The predicted molar refractivity (Wildman–Crippen MR) is 66.2 cm³/mol. The highest BCUT2D eigenvalue weighted by Crippen LogP contribution is 2.25. The van der Waals surface area contributed by atoms with Crippen LogP contribution in [0.1, 0.15) is 25.5 Å². The largest absolute Gasteiger partial charge is 0.388 e. The molecule has 0 radical (unpaired) electrons. The molecule has 1 saturated heterocycles. The summed E-state index contributed by atoms with van der Waals surface area (Å²) in [6.45, 7) is 3.36. The van der Waals surface area contributed by atoms with Crippen molar-refractivity contribution in [2.45, 2.75) is 25.8 Å². The van der Waals surface area contributed by atoms with Gasteiger partial charge in [0.2, 0.25) is 0 Å². The van der Waals surface area contributed by atoms with Gasteiger partial charge in [-0.2, -0.15) is 0 Å². The molecule has 1 atom stereocenters. The summed E-state index contributed by atoms with van der Waals surface area (Å²) in [5.41, 5.74) is 7.45. The molecule has 1 aromatic rings. The number of rotatable bonds is 2. The zero-order valence-corrected chi connectivity index (χ0v) is 9.63. The van der Waals surface area contributed by atoms with E-state index in [2.05, 4.69) is 16.8 Å². The number of pyridine rings is 1. The summed E-state index contributed by atoms with van der Waals surface area (Å²) in [4.78, 5) is 6.89. The van der Waals surface area contributed by atoms with Gasteiger partial charge in [0.05, 0.1) is 5.69 Å². The molecular weight excluding hydrogens is 206 g/mol. The summed E-state index contributed by atoms with van der Waals surface area (Å²) >= 11 is 4.92.